The van der Waals surface area contributed by atoms with Gasteiger partial charge in [-0.25, -0.2) is 0 Å². The van der Waals surface area contributed by atoms with Crippen molar-refractivity contribution >= 4 is 17.5 Å². The standard InChI is InChI=1S/C15H21N3O3/c1-15(7-2-8-17-15)14(21)18-12-5-3-11(4-6-12)13(20)16-9-10-19/h3-6,17,19H,2,7-10H2,1H3,(H,16,20)(H,18,21). The number of amides is 2. The van der Waals surface area contributed by atoms with Crippen LogP contribution in [-0.4, -0.2) is 42.2 Å². The van der Waals surface area contributed by atoms with Gasteiger partial charge in [-0.2, -0.15) is 0 Å². The van der Waals surface area contributed by atoms with E-state index in [1.165, 1.54) is 0 Å². The van der Waals surface area contributed by atoms with Gasteiger partial charge in [0, 0.05) is 17.8 Å². The number of aliphatic hydroxyl groups excluding tert-OH is 1. The number of rotatable bonds is 5. The quantitative estimate of drug-likeness (QED) is 0.635. The van der Waals surface area contributed by atoms with E-state index < -0.39 is 5.54 Å². The third-order valence-corrected chi connectivity index (χ3v) is 3.67. The molecule has 0 spiro atoms. The maximum atomic E-state index is 12.2. The average molecular weight is 291 g/mol. The highest BCUT2D eigenvalue weighted by molar-refractivity contribution is 5.99. The van der Waals surface area contributed by atoms with Gasteiger partial charge in [-0.3, -0.25) is 9.59 Å². The van der Waals surface area contributed by atoms with Gasteiger partial charge in [-0.05, 0) is 50.6 Å². The predicted octanol–water partition coefficient (Wildman–Crippen LogP) is 0.489. The van der Waals surface area contributed by atoms with Gasteiger partial charge in [0.2, 0.25) is 5.91 Å². The molecule has 2 rings (SSSR count). The van der Waals surface area contributed by atoms with E-state index in [-0.39, 0.29) is 25.0 Å². The number of carbonyl (C=O) groups is 2. The fourth-order valence-corrected chi connectivity index (χ4v) is 2.33. The maximum absolute atomic E-state index is 12.2. The maximum Gasteiger partial charge on any atom is 0.251 e. The summed E-state index contributed by atoms with van der Waals surface area (Å²) in [5.74, 6) is -0.302. The van der Waals surface area contributed by atoms with Crippen LogP contribution in [0.5, 0.6) is 0 Å². The summed E-state index contributed by atoms with van der Waals surface area (Å²) in [5, 5.41) is 17.3. The number of hydrogen-bond donors (Lipinski definition) is 4. The normalized spacial score (nSPS) is 21.0. The lowest BCUT2D eigenvalue weighted by Crippen LogP contribution is -2.47. The van der Waals surface area contributed by atoms with Crippen molar-refractivity contribution < 1.29 is 14.7 Å². The number of nitrogens with one attached hydrogen (secondary N) is 3. The first-order chi connectivity index (χ1) is 10.0. The molecule has 1 aromatic carbocycles. The van der Waals surface area contributed by atoms with Crippen LogP contribution in [0.4, 0.5) is 5.69 Å². The van der Waals surface area contributed by atoms with Crippen molar-refractivity contribution in [1.29, 1.82) is 0 Å². The summed E-state index contributed by atoms with van der Waals surface area (Å²) in [6.07, 6.45) is 1.81. The molecule has 1 unspecified atom stereocenters. The largest absolute Gasteiger partial charge is 0.395 e. The molecule has 21 heavy (non-hydrogen) atoms. The zero-order valence-corrected chi connectivity index (χ0v) is 12.1. The lowest BCUT2D eigenvalue weighted by molar-refractivity contribution is -0.121. The van der Waals surface area contributed by atoms with Crippen LogP contribution in [0.3, 0.4) is 0 Å². The Balaban J connectivity index is 1.96. The van der Waals surface area contributed by atoms with Crippen molar-refractivity contribution in [2.24, 2.45) is 0 Å². The topological polar surface area (TPSA) is 90.5 Å². The summed E-state index contributed by atoms with van der Waals surface area (Å²) in [6, 6.07) is 6.69. The third-order valence-electron chi connectivity index (χ3n) is 3.67. The van der Waals surface area contributed by atoms with Gasteiger partial charge < -0.3 is 21.1 Å². The van der Waals surface area contributed by atoms with E-state index in [1.807, 2.05) is 6.92 Å². The van der Waals surface area contributed by atoms with Crippen molar-refractivity contribution in [2.45, 2.75) is 25.3 Å². The van der Waals surface area contributed by atoms with Gasteiger partial charge >= 0.3 is 0 Å². The summed E-state index contributed by atoms with van der Waals surface area (Å²) in [4.78, 5) is 23.9. The fraction of sp³-hybridized carbons (Fsp3) is 0.467. The second kappa shape index (κ2) is 6.69. The smallest absolute Gasteiger partial charge is 0.251 e. The molecule has 1 aliphatic rings. The summed E-state index contributed by atoms with van der Waals surface area (Å²) < 4.78 is 0. The molecule has 0 aliphatic carbocycles. The molecule has 0 radical (unpaired) electrons. The van der Waals surface area contributed by atoms with E-state index in [1.54, 1.807) is 24.3 Å². The minimum Gasteiger partial charge on any atom is -0.395 e. The molecule has 114 valence electrons. The minimum atomic E-state index is -0.517. The molecule has 6 nitrogen and oxygen atoms in total. The molecule has 1 heterocycles. The minimum absolute atomic E-state index is 0.0579. The zero-order valence-electron chi connectivity index (χ0n) is 12.1. The molecule has 0 aromatic heterocycles. The lowest BCUT2D eigenvalue weighted by Gasteiger charge is -2.23. The van der Waals surface area contributed by atoms with Crippen molar-refractivity contribution in [1.82, 2.24) is 10.6 Å². The highest BCUT2D eigenvalue weighted by Gasteiger charge is 2.35. The van der Waals surface area contributed by atoms with Crippen LogP contribution in [0.2, 0.25) is 0 Å². The first-order valence-corrected chi connectivity index (χ1v) is 7.11. The second-order valence-corrected chi connectivity index (χ2v) is 5.37. The van der Waals surface area contributed by atoms with Crippen LogP contribution >= 0.6 is 0 Å². The van der Waals surface area contributed by atoms with Crippen LogP contribution in [0.1, 0.15) is 30.1 Å². The van der Waals surface area contributed by atoms with Crippen LogP contribution < -0.4 is 16.0 Å². The van der Waals surface area contributed by atoms with Crippen molar-refractivity contribution in [3.63, 3.8) is 0 Å². The van der Waals surface area contributed by atoms with E-state index >= 15 is 0 Å². The summed E-state index contributed by atoms with van der Waals surface area (Å²) in [6.45, 7) is 2.88. The van der Waals surface area contributed by atoms with E-state index in [0.717, 1.165) is 19.4 Å². The average Bonchev–Trinajstić information content (AvgIpc) is 2.94. The van der Waals surface area contributed by atoms with Crippen LogP contribution in [0.15, 0.2) is 24.3 Å². The molecule has 1 atom stereocenters. The Labute approximate surface area is 123 Å². The van der Waals surface area contributed by atoms with E-state index in [4.69, 9.17) is 5.11 Å². The Morgan fingerprint density at radius 2 is 2.05 bits per heavy atom. The summed E-state index contributed by atoms with van der Waals surface area (Å²) >= 11 is 0. The Morgan fingerprint density at radius 3 is 2.62 bits per heavy atom. The molecule has 1 aliphatic heterocycles. The SMILES string of the molecule is CC1(C(=O)Nc2ccc(C(=O)NCCO)cc2)CCCN1. The molecule has 1 saturated heterocycles. The molecular weight excluding hydrogens is 270 g/mol. The molecule has 0 saturated carbocycles. The highest BCUT2D eigenvalue weighted by atomic mass is 16.3. The van der Waals surface area contributed by atoms with Crippen molar-refractivity contribution in [2.75, 3.05) is 25.0 Å². The third kappa shape index (κ3) is 3.80. The van der Waals surface area contributed by atoms with Gasteiger partial charge in [0.05, 0.1) is 12.1 Å². The fourth-order valence-electron chi connectivity index (χ4n) is 2.33. The van der Waals surface area contributed by atoms with E-state index in [2.05, 4.69) is 16.0 Å². The van der Waals surface area contributed by atoms with Gasteiger partial charge in [0.1, 0.15) is 0 Å². The molecule has 0 bridgehead atoms. The molecule has 6 heteroatoms. The number of aliphatic hydroxyl groups is 1. The second-order valence-electron chi connectivity index (χ2n) is 5.37. The Bertz CT molecular complexity index is 507. The highest BCUT2D eigenvalue weighted by Crippen LogP contribution is 2.21. The first-order valence-electron chi connectivity index (χ1n) is 7.11. The Kier molecular flexibility index (Phi) is 4.93. The molecule has 4 N–H and O–H groups in total. The number of benzene rings is 1. The lowest BCUT2D eigenvalue weighted by atomic mass is 9.99. The molecule has 1 aromatic rings. The van der Waals surface area contributed by atoms with Gasteiger partial charge in [0.15, 0.2) is 0 Å². The predicted molar refractivity (Wildman–Crippen MR) is 80.1 cm³/mol. The summed E-state index contributed by atoms with van der Waals surface area (Å²) in [5.41, 5.74) is 0.636. The van der Waals surface area contributed by atoms with Crippen LogP contribution in [-0.2, 0) is 4.79 Å². The Morgan fingerprint density at radius 1 is 1.33 bits per heavy atom. The Hall–Kier alpha value is -1.92. The van der Waals surface area contributed by atoms with Crippen LogP contribution in [0.25, 0.3) is 0 Å². The molecule has 1 fully saturated rings. The number of carbonyl (C=O) groups excluding carboxylic acids is 2. The number of hydrogen-bond acceptors (Lipinski definition) is 4. The van der Waals surface area contributed by atoms with Gasteiger partial charge in [-0.1, -0.05) is 0 Å². The van der Waals surface area contributed by atoms with E-state index in [0.29, 0.717) is 11.3 Å². The first kappa shape index (κ1) is 15.5. The van der Waals surface area contributed by atoms with Crippen molar-refractivity contribution in [3.05, 3.63) is 29.8 Å². The monoisotopic (exact) mass is 291 g/mol. The van der Waals surface area contributed by atoms with E-state index in [9.17, 15) is 9.59 Å². The zero-order chi connectivity index (χ0) is 15.3. The summed E-state index contributed by atoms with van der Waals surface area (Å²) in [7, 11) is 0. The molecule has 2 amide bonds. The van der Waals surface area contributed by atoms with Crippen LogP contribution in [0, 0.1) is 0 Å². The van der Waals surface area contributed by atoms with Gasteiger partial charge in [0.25, 0.3) is 5.91 Å². The van der Waals surface area contributed by atoms with Gasteiger partial charge in [-0.15, -0.1) is 0 Å². The molecular formula is C15H21N3O3. The number of anilines is 1. The van der Waals surface area contributed by atoms with Crippen molar-refractivity contribution in [3.8, 4) is 0 Å².